The summed E-state index contributed by atoms with van der Waals surface area (Å²) >= 11 is 0. The maximum absolute atomic E-state index is 13.0. The molecule has 176 valence electrons. The summed E-state index contributed by atoms with van der Waals surface area (Å²) in [5, 5.41) is 6.70. The van der Waals surface area contributed by atoms with Crippen LogP contribution in [0.4, 0.5) is 5.95 Å². The molecule has 2 N–H and O–H groups in total. The van der Waals surface area contributed by atoms with Crippen LogP contribution < -0.4 is 10.6 Å². The van der Waals surface area contributed by atoms with Gasteiger partial charge in [-0.15, -0.1) is 12.4 Å². The van der Waals surface area contributed by atoms with E-state index >= 15 is 0 Å². The standard InChI is InChI=1S/C26H33N5O.ClH/c1-19-15-20(18-30-13-7-8-14-30)16-23-24(19)31(22-11-5-6-12-27-17-22)26(28-23)29-25(32)21-9-3-2-4-10-21;/h2-4,9-10,15-16,22,27H,5-8,11-14,17-18H2,1H3,(H,28,29,32);1H/t22-;/m1./s1. The predicted molar refractivity (Wildman–Crippen MR) is 136 cm³/mol. The average molecular weight is 468 g/mol. The van der Waals surface area contributed by atoms with Gasteiger partial charge >= 0.3 is 0 Å². The lowest BCUT2D eigenvalue weighted by atomic mass is 10.1. The fourth-order valence-electron chi connectivity index (χ4n) is 5.22. The van der Waals surface area contributed by atoms with Crippen LogP contribution in [0.25, 0.3) is 11.0 Å². The highest BCUT2D eigenvalue weighted by atomic mass is 35.5. The molecule has 1 amide bonds. The number of benzene rings is 2. The van der Waals surface area contributed by atoms with Crippen LogP contribution in [-0.4, -0.2) is 46.5 Å². The second kappa shape index (κ2) is 10.7. The predicted octanol–water partition coefficient (Wildman–Crippen LogP) is 4.93. The van der Waals surface area contributed by atoms with Crippen LogP contribution in [0.3, 0.4) is 0 Å². The zero-order valence-electron chi connectivity index (χ0n) is 19.3. The molecule has 3 heterocycles. The van der Waals surface area contributed by atoms with Crippen molar-refractivity contribution in [1.29, 1.82) is 0 Å². The Kier molecular flexibility index (Phi) is 7.68. The maximum atomic E-state index is 13.0. The second-order valence-electron chi connectivity index (χ2n) is 9.24. The molecule has 0 aliphatic carbocycles. The molecule has 0 radical (unpaired) electrons. The minimum absolute atomic E-state index is 0. The monoisotopic (exact) mass is 467 g/mol. The largest absolute Gasteiger partial charge is 0.315 e. The Morgan fingerprint density at radius 1 is 1.12 bits per heavy atom. The Hall–Kier alpha value is -2.41. The number of fused-ring (bicyclic) bond motifs is 1. The molecule has 2 aliphatic rings. The van der Waals surface area contributed by atoms with Crippen LogP contribution in [0.15, 0.2) is 42.5 Å². The number of anilines is 1. The van der Waals surface area contributed by atoms with Gasteiger partial charge in [0.25, 0.3) is 5.91 Å². The molecule has 1 aromatic heterocycles. The first kappa shape index (κ1) is 23.7. The lowest BCUT2D eigenvalue weighted by molar-refractivity contribution is 0.102. The smallest absolute Gasteiger partial charge is 0.257 e. The number of rotatable bonds is 5. The summed E-state index contributed by atoms with van der Waals surface area (Å²) in [4.78, 5) is 20.5. The van der Waals surface area contributed by atoms with Gasteiger partial charge in [0.1, 0.15) is 0 Å². The maximum Gasteiger partial charge on any atom is 0.257 e. The molecule has 0 bridgehead atoms. The van der Waals surface area contributed by atoms with Crippen LogP contribution in [0.2, 0.25) is 0 Å². The summed E-state index contributed by atoms with van der Waals surface area (Å²) in [6.07, 6.45) is 6.03. The van der Waals surface area contributed by atoms with E-state index in [0.717, 1.165) is 37.1 Å². The molecule has 0 spiro atoms. The van der Waals surface area contributed by atoms with Crippen molar-refractivity contribution in [3.05, 3.63) is 59.2 Å². The van der Waals surface area contributed by atoms with E-state index in [9.17, 15) is 4.79 Å². The summed E-state index contributed by atoms with van der Waals surface area (Å²) in [7, 11) is 0. The van der Waals surface area contributed by atoms with Crippen LogP contribution in [0, 0.1) is 6.92 Å². The molecule has 6 nitrogen and oxygen atoms in total. The molecule has 2 saturated heterocycles. The number of carbonyl (C=O) groups excluding carboxylic acids is 1. The van der Waals surface area contributed by atoms with Crippen LogP contribution in [0.5, 0.6) is 0 Å². The van der Waals surface area contributed by atoms with Crippen molar-refractivity contribution in [2.45, 2.75) is 51.6 Å². The minimum atomic E-state index is -0.112. The number of halogens is 1. The topological polar surface area (TPSA) is 62.2 Å². The first-order chi connectivity index (χ1) is 15.7. The molecule has 0 saturated carbocycles. The fraction of sp³-hybridized carbons (Fsp3) is 0.462. The van der Waals surface area contributed by atoms with Crippen LogP contribution in [0.1, 0.15) is 59.6 Å². The summed E-state index contributed by atoms with van der Waals surface area (Å²) in [6.45, 7) is 7.46. The van der Waals surface area contributed by atoms with Crippen molar-refractivity contribution in [2.24, 2.45) is 0 Å². The minimum Gasteiger partial charge on any atom is -0.315 e. The van der Waals surface area contributed by atoms with Crippen molar-refractivity contribution in [1.82, 2.24) is 19.8 Å². The third kappa shape index (κ3) is 5.24. The molecule has 7 heteroatoms. The van der Waals surface area contributed by atoms with Gasteiger partial charge in [-0.2, -0.15) is 0 Å². The van der Waals surface area contributed by atoms with Gasteiger partial charge in [-0.05, 0) is 81.6 Å². The van der Waals surface area contributed by atoms with Gasteiger partial charge in [-0.1, -0.05) is 30.7 Å². The van der Waals surface area contributed by atoms with E-state index in [1.807, 2.05) is 30.3 Å². The Morgan fingerprint density at radius 3 is 2.70 bits per heavy atom. The van der Waals surface area contributed by atoms with Crippen LogP contribution >= 0.6 is 12.4 Å². The highest BCUT2D eigenvalue weighted by Crippen LogP contribution is 2.32. The van der Waals surface area contributed by atoms with E-state index in [0.29, 0.717) is 11.5 Å². The number of carbonyl (C=O) groups is 1. The average Bonchev–Trinajstić information content (AvgIpc) is 3.34. The first-order valence-electron chi connectivity index (χ1n) is 12.0. The van der Waals surface area contributed by atoms with E-state index in [1.54, 1.807) is 0 Å². The Bertz CT molecular complexity index is 1080. The van der Waals surface area contributed by atoms with Crippen molar-refractivity contribution in [3.8, 4) is 0 Å². The van der Waals surface area contributed by atoms with Gasteiger partial charge in [0, 0.05) is 24.7 Å². The number of imidazole rings is 1. The summed E-state index contributed by atoms with van der Waals surface area (Å²) < 4.78 is 2.28. The van der Waals surface area contributed by atoms with Gasteiger partial charge < -0.3 is 9.88 Å². The van der Waals surface area contributed by atoms with E-state index in [4.69, 9.17) is 4.98 Å². The quantitative estimate of drug-likeness (QED) is 0.558. The highest BCUT2D eigenvalue weighted by Gasteiger charge is 2.24. The number of likely N-dealkylation sites (tertiary alicyclic amines) is 1. The Morgan fingerprint density at radius 2 is 1.91 bits per heavy atom. The van der Waals surface area contributed by atoms with Crippen LogP contribution in [-0.2, 0) is 6.54 Å². The highest BCUT2D eigenvalue weighted by molar-refractivity contribution is 6.04. The van der Waals surface area contributed by atoms with Crippen molar-refractivity contribution in [3.63, 3.8) is 0 Å². The SMILES string of the molecule is Cc1cc(CN2CCCC2)cc2nc(NC(=O)c3ccccc3)n([C@@H]3CCCCNC3)c12.Cl. The lowest BCUT2D eigenvalue weighted by Gasteiger charge is -2.21. The number of aromatic nitrogens is 2. The number of aryl methyl sites for hydroxylation is 1. The molecule has 0 unspecified atom stereocenters. The summed E-state index contributed by atoms with van der Waals surface area (Å²) in [5.41, 5.74) is 5.31. The molecule has 2 aliphatic heterocycles. The molecular weight excluding hydrogens is 434 g/mol. The van der Waals surface area contributed by atoms with Crippen molar-refractivity contribution < 1.29 is 4.79 Å². The van der Waals surface area contributed by atoms with E-state index < -0.39 is 0 Å². The van der Waals surface area contributed by atoms with E-state index in [-0.39, 0.29) is 24.4 Å². The number of nitrogens with one attached hydrogen (secondary N) is 2. The fourth-order valence-corrected chi connectivity index (χ4v) is 5.22. The molecular formula is C26H34ClN5O. The number of hydrogen-bond acceptors (Lipinski definition) is 4. The third-order valence-corrected chi connectivity index (χ3v) is 6.79. The molecule has 33 heavy (non-hydrogen) atoms. The van der Waals surface area contributed by atoms with Gasteiger partial charge in [0.15, 0.2) is 0 Å². The lowest BCUT2D eigenvalue weighted by Crippen LogP contribution is -2.25. The van der Waals surface area contributed by atoms with Gasteiger partial charge in [0.05, 0.1) is 11.0 Å². The third-order valence-electron chi connectivity index (χ3n) is 6.79. The summed E-state index contributed by atoms with van der Waals surface area (Å²) in [6, 6.07) is 14.2. The number of hydrogen-bond donors (Lipinski definition) is 2. The molecule has 1 atom stereocenters. The normalized spacial score (nSPS) is 19.2. The molecule has 3 aromatic rings. The molecule has 5 rings (SSSR count). The van der Waals surface area contributed by atoms with Crippen molar-refractivity contribution in [2.75, 3.05) is 31.5 Å². The zero-order chi connectivity index (χ0) is 21.9. The Labute approximate surface area is 202 Å². The van der Waals surface area contributed by atoms with Gasteiger partial charge in [0.2, 0.25) is 5.95 Å². The van der Waals surface area contributed by atoms with Crippen molar-refractivity contribution >= 4 is 35.3 Å². The molecule has 2 aromatic carbocycles. The van der Waals surface area contributed by atoms with E-state index in [2.05, 4.69) is 39.2 Å². The number of nitrogens with zero attached hydrogens (tertiary/aromatic N) is 3. The first-order valence-corrected chi connectivity index (χ1v) is 12.0. The Balaban J connectivity index is 0.00000259. The molecule has 2 fully saturated rings. The van der Waals surface area contributed by atoms with E-state index in [1.165, 1.54) is 49.9 Å². The van der Waals surface area contributed by atoms with Gasteiger partial charge in [-0.25, -0.2) is 4.98 Å². The van der Waals surface area contributed by atoms with Gasteiger partial charge in [-0.3, -0.25) is 15.0 Å². The summed E-state index contributed by atoms with van der Waals surface area (Å²) in [5.74, 6) is 0.544. The number of amides is 1. The second-order valence-corrected chi connectivity index (χ2v) is 9.24. The zero-order valence-corrected chi connectivity index (χ0v) is 20.2.